The van der Waals surface area contributed by atoms with Gasteiger partial charge in [0.25, 0.3) is 14.4 Å². The molecular formula is C12H12N4O5S2. The summed E-state index contributed by atoms with van der Waals surface area (Å²) in [6.07, 6.45) is 0. The van der Waals surface area contributed by atoms with Gasteiger partial charge in [-0.25, -0.2) is 4.79 Å². The molecule has 0 fully saturated rings. The first kappa shape index (κ1) is 16.8. The molecule has 11 heteroatoms. The van der Waals surface area contributed by atoms with E-state index in [1.807, 2.05) is 0 Å². The number of nitrogens with zero attached hydrogens (tertiary/aromatic N) is 2. The molecule has 0 saturated heterocycles. The molecule has 0 aliphatic heterocycles. The lowest BCUT2D eigenvalue weighted by Crippen LogP contribution is -2.13. The number of hydrogen-bond donors (Lipinski definition) is 2. The van der Waals surface area contributed by atoms with Gasteiger partial charge in [-0.2, -0.15) is 8.42 Å². The van der Waals surface area contributed by atoms with Crippen LogP contribution in [0.5, 0.6) is 0 Å². The number of carbonyl (C=O) groups is 2. The van der Waals surface area contributed by atoms with Crippen molar-refractivity contribution in [3.8, 4) is 0 Å². The monoisotopic (exact) mass is 356 g/mol. The normalized spacial score (nSPS) is 10.9. The van der Waals surface area contributed by atoms with Crippen molar-refractivity contribution in [3.63, 3.8) is 0 Å². The van der Waals surface area contributed by atoms with E-state index in [2.05, 4.69) is 25.0 Å². The van der Waals surface area contributed by atoms with Crippen LogP contribution in [-0.4, -0.2) is 37.6 Å². The van der Waals surface area contributed by atoms with Gasteiger partial charge in [-0.15, -0.1) is 10.2 Å². The van der Waals surface area contributed by atoms with Crippen LogP contribution in [0.3, 0.4) is 0 Å². The zero-order valence-corrected chi connectivity index (χ0v) is 13.7. The molecule has 0 spiro atoms. The summed E-state index contributed by atoms with van der Waals surface area (Å²) in [6.45, 7) is 1.27. The Labute approximate surface area is 135 Å². The molecule has 122 valence electrons. The molecule has 0 aliphatic rings. The number of rotatable bonds is 5. The van der Waals surface area contributed by atoms with E-state index >= 15 is 0 Å². The van der Waals surface area contributed by atoms with E-state index in [1.54, 1.807) is 0 Å². The first-order valence-electron chi connectivity index (χ1n) is 6.14. The molecule has 1 aromatic carbocycles. The van der Waals surface area contributed by atoms with Gasteiger partial charge >= 0.3 is 5.97 Å². The Hall–Kier alpha value is -2.53. The second-order valence-corrected chi connectivity index (χ2v) is 7.07. The number of anilines is 2. The zero-order valence-electron chi connectivity index (χ0n) is 12.1. The van der Waals surface area contributed by atoms with Crippen molar-refractivity contribution in [1.82, 2.24) is 10.2 Å². The van der Waals surface area contributed by atoms with E-state index in [4.69, 9.17) is 0 Å². The highest BCUT2D eigenvalue weighted by Crippen LogP contribution is 2.23. The molecule has 0 saturated carbocycles. The van der Waals surface area contributed by atoms with E-state index < -0.39 is 16.0 Å². The number of nitrogens with one attached hydrogen (secondary N) is 2. The number of aromatic nitrogens is 2. The topological polar surface area (TPSA) is 127 Å². The van der Waals surface area contributed by atoms with Gasteiger partial charge in [0.05, 0.1) is 12.7 Å². The lowest BCUT2D eigenvalue weighted by Gasteiger charge is -2.06. The molecule has 1 aromatic heterocycles. The maximum absolute atomic E-state index is 12.2. The third kappa shape index (κ3) is 4.23. The summed E-state index contributed by atoms with van der Waals surface area (Å²) in [4.78, 5) is 22.4. The lowest BCUT2D eigenvalue weighted by atomic mass is 10.2. The molecule has 9 nitrogen and oxygen atoms in total. The van der Waals surface area contributed by atoms with Crippen LogP contribution in [-0.2, 0) is 19.6 Å². The van der Waals surface area contributed by atoms with Gasteiger partial charge in [-0.1, -0.05) is 17.4 Å². The Morgan fingerprint density at radius 1 is 1.26 bits per heavy atom. The fourth-order valence-corrected chi connectivity index (χ4v) is 3.54. The number of benzene rings is 1. The minimum atomic E-state index is -3.99. The number of carbonyl (C=O) groups excluding carboxylic acids is 2. The van der Waals surface area contributed by atoms with E-state index in [0.29, 0.717) is 11.3 Å². The summed E-state index contributed by atoms with van der Waals surface area (Å²) in [7, 11) is -2.76. The van der Waals surface area contributed by atoms with Crippen molar-refractivity contribution in [1.29, 1.82) is 0 Å². The quantitative estimate of drug-likeness (QED) is 0.606. The first-order chi connectivity index (χ1) is 10.8. The minimum Gasteiger partial charge on any atom is -0.465 e. The molecule has 2 N–H and O–H groups in total. The molecule has 23 heavy (non-hydrogen) atoms. The van der Waals surface area contributed by atoms with Crippen LogP contribution < -0.4 is 10.0 Å². The molecule has 0 atom stereocenters. The van der Waals surface area contributed by atoms with E-state index in [0.717, 1.165) is 0 Å². The molecule has 0 radical (unpaired) electrons. The van der Waals surface area contributed by atoms with Gasteiger partial charge in [0.2, 0.25) is 11.0 Å². The van der Waals surface area contributed by atoms with Gasteiger partial charge in [0, 0.05) is 12.6 Å². The molecule has 1 amide bonds. The summed E-state index contributed by atoms with van der Waals surface area (Å²) < 4.78 is 31.0. The highest BCUT2D eigenvalue weighted by Gasteiger charge is 2.21. The van der Waals surface area contributed by atoms with Crippen LogP contribution >= 0.6 is 11.3 Å². The molecule has 0 aliphatic carbocycles. The fraction of sp³-hybridized carbons (Fsp3) is 0.167. The van der Waals surface area contributed by atoms with Gasteiger partial charge in [-0.05, 0) is 18.2 Å². The Morgan fingerprint density at radius 3 is 2.65 bits per heavy atom. The maximum Gasteiger partial charge on any atom is 0.337 e. The van der Waals surface area contributed by atoms with E-state index in [-0.39, 0.29) is 26.6 Å². The highest BCUT2D eigenvalue weighted by atomic mass is 32.2. The molecular weight excluding hydrogens is 344 g/mol. The summed E-state index contributed by atoms with van der Waals surface area (Å²) in [5.41, 5.74) is 0.369. The summed E-state index contributed by atoms with van der Waals surface area (Å²) in [5, 5.41) is 9.50. The number of esters is 1. The Bertz CT molecular complexity index is 847. The van der Waals surface area contributed by atoms with Crippen molar-refractivity contribution < 1.29 is 22.7 Å². The van der Waals surface area contributed by atoms with Crippen LogP contribution in [0, 0.1) is 0 Å². The predicted octanol–water partition coefficient (Wildman–Crippen LogP) is 1.08. The highest BCUT2D eigenvalue weighted by molar-refractivity contribution is 7.94. The Morgan fingerprint density at radius 2 is 2.00 bits per heavy atom. The van der Waals surface area contributed by atoms with E-state index in [9.17, 15) is 18.0 Å². The molecule has 0 unspecified atom stereocenters. The molecule has 0 bridgehead atoms. The third-order valence-corrected chi connectivity index (χ3v) is 5.04. The second kappa shape index (κ2) is 6.71. The Kier molecular flexibility index (Phi) is 4.91. The van der Waals surface area contributed by atoms with Crippen LogP contribution in [0.2, 0.25) is 0 Å². The van der Waals surface area contributed by atoms with Gasteiger partial charge in [0.1, 0.15) is 0 Å². The predicted molar refractivity (Wildman–Crippen MR) is 82.8 cm³/mol. The lowest BCUT2D eigenvalue weighted by molar-refractivity contribution is -0.114. The van der Waals surface area contributed by atoms with Crippen molar-refractivity contribution in [2.24, 2.45) is 0 Å². The average Bonchev–Trinajstić information content (AvgIpc) is 2.95. The van der Waals surface area contributed by atoms with E-state index in [1.165, 1.54) is 38.3 Å². The van der Waals surface area contributed by atoms with Crippen molar-refractivity contribution in [2.45, 2.75) is 11.3 Å². The molecule has 2 aromatic rings. The maximum atomic E-state index is 12.2. The first-order valence-corrected chi connectivity index (χ1v) is 8.44. The second-order valence-electron chi connectivity index (χ2n) is 4.23. The van der Waals surface area contributed by atoms with Crippen LogP contribution in [0.4, 0.5) is 10.8 Å². The smallest absolute Gasteiger partial charge is 0.337 e. The van der Waals surface area contributed by atoms with Crippen molar-refractivity contribution in [3.05, 3.63) is 29.8 Å². The number of sulfonamides is 1. The van der Waals surface area contributed by atoms with Crippen molar-refractivity contribution >= 4 is 44.1 Å². The van der Waals surface area contributed by atoms with Crippen LogP contribution in [0.1, 0.15) is 17.3 Å². The number of amides is 1. The summed E-state index contributed by atoms with van der Waals surface area (Å²) in [6, 6.07) is 5.80. The molecule has 2 rings (SSSR count). The van der Waals surface area contributed by atoms with Crippen molar-refractivity contribution in [2.75, 3.05) is 17.1 Å². The average molecular weight is 356 g/mol. The number of ether oxygens (including phenoxy) is 1. The SMILES string of the molecule is COC(=O)c1cccc(NS(=O)(=O)c2nnc(NC(C)=O)s2)c1. The van der Waals surface area contributed by atoms with Gasteiger partial charge in [0.15, 0.2) is 0 Å². The molecule has 1 heterocycles. The summed E-state index contributed by atoms with van der Waals surface area (Å²) in [5.74, 6) is -0.973. The zero-order chi connectivity index (χ0) is 17.0. The van der Waals surface area contributed by atoms with Crippen LogP contribution in [0.15, 0.2) is 28.6 Å². The minimum absolute atomic E-state index is 0.0705. The summed E-state index contributed by atoms with van der Waals surface area (Å²) >= 11 is 0.706. The third-order valence-electron chi connectivity index (χ3n) is 2.46. The standard InChI is InChI=1S/C12H12N4O5S2/c1-7(17)13-11-14-15-12(22-11)23(19,20)16-9-5-3-4-8(6-9)10(18)21-2/h3-6,16H,1-2H3,(H,13,14,17). The van der Waals surface area contributed by atoms with Gasteiger partial charge < -0.3 is 10.1 Å². The number of methoxy groups -OCH3 is 1. The van der Waals surface area contributed by atoms with Crippen LogP contribution in [0.25, 0.3) is 0 Å². The fourth-order valence-electron chi connectivity index (χ4n) is 1.55. The van der Waals surface area contributed by atoms with Gasteiger partial charge in [-0.3, -0.25) is 9.52 Å². The Balaban J connectivity index is 2.23. The largest absolute Gasteiger partial charge is 0.465 e. The number of hydrogen-bond acceptors (Lipinski definition) is 8.